The third kappa shape index (κ3) is 3.38. The van der Waals surface area contributed by atoms with Gasteiger partial charge in [-0.2, -0.15) is 0 Å². The van der Waals surface area contributed by atoms with Crippen molar-refractivity contribution in [2.75, 3.05) is 0 Å². The van der Waals surface area contributed by atoms with Crippen LogP contribution in [0.15, 0.2) is 97.6 Å². The van der Waals surface area contributed by atoms with Crippen molar-refractivity contribution in [2.24, 2.45) is 0 Å². The van der Waals surface area contributed by atoms with Gasteiger partial charge in [-0.15, -0.1) is 0 Å². The SMILES string of the molecule is Cc1ccc(C([SiH2]c2ccccc2)(c2ccc(C)cc2)n2ccnc2)cc1. The Hall–Kier alpha value is -2.91. The van der Waals surface area contributed by atoms with E-state index in [2.05, 4.69) is 108 Å². The molecule has 0 amide bonds. The van der Waals surface area contributed by atoms with Crippen LogP contribution in [0.1, 0.15) is 22.3 Å². The Morgan fingerprint density at radius 3 is 1.78 bits per heavy atom. The molecule has 3 aromatic carbocycles. The molecule has 27 heavy (non-hydrogen) atoms. The summed E-state index contributed by atoms with van der Waals surface area (Å²) in [5, 5.41) is 1.23. The fourth-order valence-corrected chi connectivity index (χ4v) is 6.14. The molecule has 0 fully saturated rings. The van der Waals surface area contributed by atoms with Gasteiger partial charge in [0.2, 0.25) is 0 Å². The van der Waals surface area contributed by atoms with Gasteiger partial charge in [0.05, 0.1) is 21.0 Å². The molecule has 0 bridgehead atoms. The minimum Gasteiger partial charge on any atom is -0.326 e. The molecule has 0 unspecified atom stereocenters. The normalized spacial score (nSPS) is 11.9. The maximum Gasteiger partial charge on any atom is 0.0965 e. The van der Waals surface area contributed by atoms with Crippen molar-refractivity contribution >= 4 is 14.7 Å². The van der Waals surface area contributed by atoms with E-state index in [9.17, 15) is 0 Å². The average Bonchev–Trinajstić information content (AvgIpc) is 3.24. The Morgan fingerprint density at radius 2 is 1.30 bits per heavy atom. The summed E-state index contributed by atoms with van der Waals surface area (Å²) in [5.74, 6) is 0. The van der Waals surface area contributed by atoms with Gasteiger partial charge in [0.15, 0.2) is 0 Å². The molecule has 4 rings (SSSR count). The molecule has 2 nitrogen and oxygen atoms in total. The molecule has 0 saturated heterocycles. The number of hydrogen-bond acceptors (Lipinski definition) is 1. The molecule has 0 spiro atoms. The molecule has 0 saturated carbocycles. The van der Waals surface area contributed by atoms with Crippen LogP contribution in [-0.2, 0) is 5.16 Å². The molecular formula is C24H24N2Si. The summed E-state index contributed by atoms with van der Waals surface area (Å²) >= 11 is 0. The second kappa shape index (κ2) is 7.37. The zero-order chi connectivity index (χ0) is 18.7. The third-order valence-electron chi connectivity index (χ3n) is 5.31. The van der Waals surface area contributed by atoms with Crippen LogP contribution < -0.4 is 5.19 Å². The molecular weight excluding hydrogens is 344 g/mol. The lowest BCUT2D eigenvalue weighted by Gasteiger charge is -2.37. The zero-order valence-corrected chi connectivity index (χ0v) is 17.3. The highest BCUT2D eigenvalue weighted by Gasteiger charge is 2.36. The molecule has 134 valence electrons. The maximum atomic E-state index is 4.40. The van der Waals surface area contributed by atoms with Crippen molar-refractivity contribution in [1.82, 2.24) is 9.55 Å². The van der Waals surface area contributed by atoms with Gasteiger partial charge in [-0.1, -0.05) is 95.2 Å². The quantitative estimate of drug-likeness (QED) is 0.491. The second-order valence-corrected chi connectivity index (χ2v) is 9.42. The van der Waals surface area contributed by atoms with Crippen molar-refractivity contribution in [1.29, 1.82) is 0 Å². The highest BCUT2D eigenvalue weighted by Crippen LogP contribution is 2.33. The van der Waals surface area contributed by atoms with E-state index in [1.807, 2.05) is 12.5 Å². The fourth-order valence-electron chi connectivity index (χ4n) is 3.79. The smallest absolute Gasteiger partial charge is 0.0965 e. The minimum atomic E-state index is -0.771. The predicted molar refractivity (Wildman–Crippen MR) is 115 cm³/mol. The zero-order valence-electron chi connectivity index (χ0n) is 15.8. The summed E-state index contributed by atoms with van der Waals surface area (Å²) in [5.41, 5.74) is 5.21. The van der Waals surface area contributed by atoms with Gasteiger partial charge in [0, 0.05) is 12.4 Å². The lowest BCUT2D eigenvalue weighted by Crippen LogP contribution is -2.46. The van der Waals surface area contributed by atoms with E-state index in [4.69, 9.17) is 0 Å². The number of rotatable bonds is 5. The highest BCUT2D eigenvalue weighted by molar-refractivity contribution is 6.57. The van der Waals surface area contributed by atoms with E-state index in [0.29, 0.717) is 0 Å². The van der Waals surface area contributed by atoms with Crippen LogP contribution in [0, 0.1) is 13.8 Å². The summed E-state index contributed by atoms with van der Waals surface area (Å²) in [6.45, 7) is 4.28. The summed E-state index contributed by atoms with van der Waals surface area (Å²) in [4.78, 5) is 4.40. The Morgan fingerprint density at radius 1 is 0.741 bits per heavy atom. The third-order valence-corrected chi connectivity index (χ3v) is 7.88. The summed E-state index contributed by atoms with van der Waals surface area (Å²) < 4.78 is 2.31. The molecule has 0 aliphatic heterocycles. The number of nitrogens with zero attached hydrogens (tertiary/aromatic N) is 2. The summed E-state index contributed by atoms with van der Waals surface area (Å²) in [6.07, 6.45) is 5.96. The molecule has 1 heterocycles. The van der Waals surface area contributed by atoms with Gasteiger partial charge in [0.25, 0.3) is 0 Å². The Bertz CT molecular complexity index is 943. The Labute approximate surface area is 163 Å². The Balaban J connectivity index is 1.98. The van der Waals surface area contributed by atoms with Crippen LogP contribution in [0.4, 0.5) is 0 Å². The lowest BCUT2D eigenvalue weighted by atomic mass is 9.95. The first kappa shape index (κ1) is 17.5. The van der Waals surface area contributed by atoms with Crippen LogP contribution >= 0.6 is 0 Å². The number of benzene rings is 3. The summed E-state index contributed by atoms with van der Waals surface area (Å²) in [7, 11) is -0.771. The van der Waals surface area contributed by atoms with Gasteiger partial charge in [-0.25, -0.2) is 4.98 Å². The topological polar surface area (TPSA) is 17.8 Å². The number of imidazole rings is 1. The first-order chi connectivity index (χ1) is 13.2. The molecule has 3 heteroatoms. The minimum absolute atomic E-state index is 0.209. The van der Waals surface area contributed by atoms with Crippen LogP contribution in [0.2, 0.25) is 0 Å². The Kier molecular flexibility index (Phi) is 4.78. The van der Waals surface area contributed by atoms with Crippen LogP contribution in [-0.4, -0.2) is 19.1 Å². The van der Waals surface area contributed by atoms with E-state index in [-0.39, 0.29) is 5.16 Å². The molecule has 0 aliphatic carbocycles. The second-order valence-electron chi connectivity index (χ2n) is 7.22. The van der Waals surface area contributed by atoms with Gasteiger partial charge < -0.3 is 4.57 Å². The highest BCUT2D eigenvalue weighted by atomic mass is 28.2. The van der Waals surface area contributed by atoms with Crippen molar-refractivity contribution in [3.05, 3.63) is 120 Å². The molecule has 0 aliphatic rings. The van der Waals surface area contributed by atoms with E-state index >= 15 is 0 Å². The number of aromatic nitrogens is 2. The van der Waals surface area contributed by atoms with Crippen molar-refractivity contribution < 1.29 is 0 Å². The number of aryl methyl sites for hydroxylation is 2. The molecule has 0 radical (unpaired) electrons. The van der Waals surface area contributed by atoms with E-state index < -0.39 is 9.52 Å². The van der Waals surface area contributed by atoms with Gasteiger partial charge in [0.1, 0.15) is 0 Å². The first-order valence-electron chi connectivity index (χ1n) is 9.35. The number of hydrogen-bond donors (Lipinski definition) is 0. The standard InChI is InChI=1S/C24H24N2Si/c1-19-8-12-21(13-9-19)24(26-17-16-25-18-26,22-14-10-20(2)11-15-22)27-23-6-4-3-5-7-23/h3-18H,27H2,1-2H3. The van der Waals surface area contributed by atoms with Crippen LogP contribution in [0.25, 0.3) is 0 Å². The van der Waals surface area contributed by atoms with Gasteiger partial charge in [-0.3, -0.25) is 0 Å². The van der Waals surface area contributed by atoms with Crippen molar-refractivity contribution in [2.45, 2.75) is 19.0 Å². The monoisotopic (exact) mass is 368 g/mol. The van der Waals surface area contributed by atoms with E-state index in [0.717, 1.165) is 0 Å². The predicted octanol–water partition coefficient (Wildman–Crippen LogP) is 3.74. The lowest BCUT2D eigenvalue weighted by molar-refractivity contribution is 0.596. The first-order valence-corrected chi connectivity index (χ1v) is 10.8. The molecule has 1 aromatic heterocycles. The van der Waals surface area contributed by atoms with Gasteiger partial charge in [-0.05, 0) is 25.0 Å². The van der Waals surface area contributed by atoms with E-state index in [1.165, 1.54) is 27.4 Å². The van der Waals surface area contributed by atoms with Crippen molar-refractivity contribution in [3.8, 4) is 0 Å². The average molecular weight is 369 g/mol. The summed E-state index contributed by atoms with van der Waals surface area (Å²) in [6, 6.07) is 28.9. The fraction of sp³-hybridized carbons (Fsp3) is 0.125. The molecule has 0 atom stereocenters. The van der Waals surface area contributed by atoms with Gasteiger partial charge >= 0.3 is 0 Å². The maximum absolute atomic E-state index is 4.40. The van der Waals surface area contributed by atoms with Crippen molar-refractivity contribution in [3.63, 3.8) is 0 Å². The van der Waals surface area contributed by atoms with E-state index in [1.54, 1.807) is 0 Å². The molecule has 0 N–H and O–H groups in total. The largest absolute Gasteiger partial charge is 0.326 e. The van der Waals surface area contributed by atoms with Crippen LogP contribution in [0.3, 0.4) is 0 Å². The molecule has 4 aromatic rings. The van der Waals surface area contributed by atoms with Crippen LogP contribution in [0.5, 0.6) is 0 Å².